The van der Waals surface area contributed by atoms with Gasteiger partial charge >= 0.3 is 0 Å². The van der Waals surface area contributed by atoms with Gasteiger partial charge in [-0.3, -0.25) is 0 Å². The third-order valence-electron chi connectivity index (χ3n) is 3.65. The molecule has 0 aliphatic heterocycles. The Morgan fingerprint density at radius 2 is 2.00 bits per heavy atom. The zero-order valence-electron chi connectivity index (χ0n) is 12.1. The second kappa shape index (κ2) is 7.34. The van der Waals surface area contributed by atoms with E-state index in [9.17, 15) is 0 Å². The van der Waals surface area contributed by atoms with Crippen molar-refractivity contribution >= 4 is 0 Å². The van der Waals surface area contributed by atoms with Crippen molar-refractivity contribution in [2.75, 3.05) is 39.9 Å². The maximum absolute atomic E-state index is 5.63. The van der Waals surface area contributed by atoms with Gasteiger partial charge in [0.2, 0.25) is 0 Å². The van der Waals surface area contributed by atoms with E-state index in [4.69, 9.17) is 4.74 Å². The van der Waals surface area contributed by atoms with E-state index in [2.05, 4.69) is 38.0 Å². The number of likely N-dealkylation sites (N-methyl/N-ethyl adjacent to an activating group) is 1. The summed E-state index contributed by atoms with van der Waals surface area (Å²) in [5.41, 5.74) is 0.267. The normalized spacial score (nSPS) is 16.8. The summed E-state index contributed by atoms with van der Waals surface area (Å²) in [6.45, 7) is 11.8. The van der Waals surface area contributed by atoms with Crippen LogP contribution in [-0.2, 0) is 4.74 Å². The van der Waals surface area contributed by atoms with Gasteiger partial charge in [-0.25, -0.2) is 0 Å². The number of hydrogen-bond acceptors (Lipinski definition) is 3. The summed E-state index contributed by atoms with van der Waals surface area (Å²) in [7, 11) is 2.17. The molecule has 0 aromatic rings. The largest absolute Gasteiger partial charge is 0.380 e. The van der Waals surface area contributed by atoms with Crippen molar-refractivity contribution in [3.05, 3.63) is 0 Å². The maximum atomic E-state index is 5.63. The van der Waals surface area contributed by atoms with Crippen LogP contribution < -0.4 is 5.32 Å². The van der Waals surface area contributed by atoms with Gasteiger partial charge in [0, 0.05) is 31.8 Å². The first kappa shape index (κ1) is 14.9. The van der Waals surface area contributed by atoms with Gasteiger partial charge in [-0.15, -0.1) is 0 Å². The molecule has 0 spiro atoms. The third kappa shape index (κ3) is 7.74. The molecular formula is C14H30N2O. The Hall–Kier alpha value is -0.120. The Kier molecular flexibility index (Phi) is 6.45. The fourth-order valence-electron chi connectivity index (χ4n) is 1.58. The number of rotatable bonds is 10. The summed E-state index contributed by atoms with van der Waals surface area (Å²) in [6.07, 6.45) is 3.93. The van der Waals surface area contributed by atoms with E-state index in [-0.39, 0.29) is 5.54 Å². The zero-order valence-corrected chi connectivity index (χ0v) is 12.1. The van der Waals surface area contributed by atoms with Gasteiger partial charge in [-0.1, -0.05) is 6.92 Å². The van der Waals surface area contributed by atoms with Crippen LogP contribution in [0.3, 0.4) is 0 Å². The van der Waals surface area contributed by atoms with Crippen molar-refractivity contribution in [2.45, 2.75) is 45.6 Å². The minimum atomic E-state index is 0.267. The van der Waals surface area contributed by atoms with Crippen LogP contribution in [0.2, 0.25) is 0 Å². The molecule has 1 aliphatic carbocycles. The number of ether oxygens (including phenoxy) is 1. The fourth-order valence-corrected chi connectivity index (χ4v) is 1.58. The van der Waals surface area contributed by atoms with E-state index < -0.39 is 0 Å². The summed E-state index contributed by atoms with van der Waals surface area (Å²) in [5.74, 6) is 0.882. The van der Waals surface area contributed by atoms with Crippen molar-refractivity contribution in [3.63, 3.8) is 0 Å². The number of nitrogens with one attached hydrogen (secondary N) is 1. The topological polar surface area (TPSA) is 24.5 Å². The minimum Gasteiger partial charge on any atom is -0.380 e. The molecule has 1 fully saturated rings. The molecule has 102 valence electrons. The van der Waals surface area contributed by atoms with Crippen LogP contribution in [0, 0.1) is 5.92 Å². The number of hydrogen-bond donors (Lipinski definition) is 1. The van der Waals surface area contributed by atoms with Crippen molar-refractivity contribution in [1.82, 2.24) is 10.2 Å². The van der Waals surface area contributed by atoms with Crippen LogP contribution in [0.4, 0.5) is 0 Å². The van der Waals surface area contributed by atoms with Gasteiger partial charge in [-0.05, 0) is 46.1 Å². The molecule has 17 heavy (non-hydrogen) atoms. The maximum Gasteiger partial charge on any atom is 0.0593 e. The van der Waals surface area contributed by atoms with E-state index in [1.807, 2.05) is 0 Å². The van der Waals surface area contributed by atoms with Crippen LogP contribution in [0.15, 0.2) is 0 Å². The Balaban J connectivity index is 1.90. The first-order valence-electron chi connectivity index (χ1n) is 7.05. The molecule has 3 heteroatoms. The Morgan fingerprint density at radius 1 is 1.29 bits per heavy atom. The predicted octanol–water partition coefficient (Wildman–Crippen LogP) is 2.12. The molecule has 0 unspecified atom stereocenters. The SMILES string of the molecule is CCC(C)(C)NCCN(C)CCOCC1CC1. The Labute approximate surface area is 107 Å². The predicted molar refractivity (Wildman–Crippen MR) is 73.4 cm³/mol. The lowest BCUT2D eigenvalue weighted by Gasteiger charge is -2.26. The van der Waals surface area contributed by atoms with Crippen LogP contribution in [-0.4, -0.2) is 50.3 Å². The van der Waals surface area contributed by atoms with Crippen molar-refractivity contribution in [1.29, 1.82) is 0 Å². The molecule has 0 amide bonds. The van der Waals surface area contributed by atoms with Crippen LogP contribution in [0.1, 0.15) is 40.0 Å². The zero-order chi connectivity index (χ0) is 12.7. The van der Waals surface area contributed by atoms with E-state index >= 15 is 0 Å². The smallest absolute Gasteiger partial charge is 0.0593 e. The number of nitrogens with zero attached hydrogens (tertiary/aromatic N) is 1. The van der Waals surface area contributed by atoms with Gasteiger partial charge in [0.1, 0.15) is 0 Å². The van der Waals surface area contributed by atoms with Crippen molar-refractivity contribution in [3.8, 4) is 0 Å². The highest BCUT2D eigenvalue weighted by Gasteiger charge is 2.20. The summed E-state index contributed by atoms with van der Waals surface area (Å²) >= 11 is 0. The highest BCUT2D eigenvalue weighted by Crippen LogP contribution is 2.28. The molecule has 0 heterocycles. The lowest BCUT2D eigenvalue weighted by molar-refractivity contribution is 0.103. The molecular weight excluding hydrogens is 212 g/mol. The summed E-state index contributed by atoms with van der Waals surface area (Å²) in [4.78, 5) is 2.34. The summed E-state index contributed by atoms with van der Waals surface area (Å²) in [6, 6.07) is 0. The van der Waals surface area contributed by atoms with Gasteiger partial charge in [0.15, 0.2) is 0 Å². The second-order valence-electron chi connectivity index (χ2n) is 5.99. The molecule has 1 rings (SSSR count). The van der Waals surface area contributed by atoms with Gasteiger partial charge in [0.25, 0.3) is 0 Å². The molecule has 0 bridgehead atoms. The van der Waals surface area contributed by atoms with Crippen LogP contribution >= 0.6 is 0 Å². The first-order chi connectivity index (χ1) is 8.03. The highest BCUT2D eigenvalue weighted by molar-refractivity contribution is 4.75. The van der Waals surface area contributed by atoms with Crippen molar-refractivity contribution < 1.29 is 4.74 Å². The van der Waals surface area contributed by atoms with E-state index in [1.165, 1.54) is 19.3 Å². The Morgan fingerprint density at radius 3 is 2.59 bits per heavy atom. The quantitative estimate of drug-likeness (QED) is 0.594. The standard InChI is InChI=1S/C14H30N2O/c1-5-14(2,3)15-8-9-16(4)10-11-17-12-13-6-7-13/h13,15H,5-12H2,1-4H3. The molecule has 3 nitrogen and oxygen atoms in total. The molecule has 1 saturated carbocycles. The lowest BCUT2D eigenvalue weighted by Crippen LogP contribution is -2.42. The van der Waals surface area contributed by atoms with E-state index in [0.29, 0.717) is 0 Å². The average Bonchev–Trinajstić information content (AvgIpc) is 3.08. The molecule has 0 saturated heterocycles. The molecule has 1 aliphatic rings. The minimum absolute atomic E-state index is 0.267. The molecule has 0 aromatic heterocycles. The van der Waals surface area contributed by atoms with Gasteiger partial charge < -0.3 is 15.0 Å². The van der Waals surface area contributed by atoms with E-state index in [0.717, 1.165) is 38.8 Å². The lowest BCUT2D eigenvalue weighted by atomic mass is 10.0. The molecule has 0 radical (unpaired) electrons. The first-order valence-corrected chi connectivity index (χ1v) is 7.05. The Bertz CT molecular complexity index is 202. The van der Waals surface area contributed by atoms with Crippen molar-refractivity contribution in [2.24, 2.45) is 5.92 Å². The summed E-state index contributed by atoms with van der Waals surface area (Å²) in [5, 5.41) is 3.58. The van der Waals surface area contributed by atoms with Crippen LogP contribution in [0.25, 0.3) is 0 Å². The third-order valence-corrected chi connectivity index (χ3v) is 3.65. The fraction of sp³-hybridized carbons (Fsp3) is 1.00. The van der Waals surface area contributed by atoms with Gasteiger partial charge in [-0.2, -0.15) is 0 Å². The monoisotopic (exact) mass is 242 g/mol. The molecule has 0 atom stereocenters. The van der Waals surface area contributed by atoms with Gasteiger partial charge in [0.05, 0.1) is 6.61 Å². The highest BCUT2D eigenvalue weighted by atomic mass is 16.5. The van der Waals surface area contributed by atoms with Crippen LogP contribution in [0.5, 0.6) is 0 Å². The average molecular weight is 242 g/mol. The molecule has 1 N–H and O–H groups in total. The molecule has 0 aromatic carbocycles. The summed E-state index contributed by atoms with van der Waals surface area (Å²) < 4.78 is 5.63. The van der Waals surface area contributed by atoms with E-state index in [1.54, 1.807) is 0 Å². The second-order valence-corrected chi connectivity index (χ2v) is 5.99.